The molecule has 6 heteroatoms. The maximum absolute atomic E-state index is 13.1. The minimum absolute atomic E-state index is 0.196. The van der Waals surface area contributed by atoms with Gasteiger partial charge in [0.1, 0.15) is 11.6 Å². The number of nitrogens with one attached hydrogen (secondary N) is 1. The van der Waals surface area contributed by atoms with Crippen LogP contribution < -0.4 is 10.1 Å². The predicted molar refractivity (Wildman–Crippen MR) is 100 cm³/mol. The molecule has 0 radical (unpaired) electrons. The molecule has 1 heterocycles. The Labute approximate surface area is 157 Å². The Morgan fingerprint density at radius 3 is 2.81 bits per heavy atom. The second kappa shape index (κ2) is 8.52. The SMILES string of the molecule is COc1ccc(Cl)cc1C(=O)NCC1CCCN1Cc1ccc(F)cc1. The van der Waals surface area contributed by atoms with Crippen LogP contribution >= 0.6 is 11.6 Å². The molecule has 138 valence electrons. The summed E-state index contributed by atoms with van der Waals surface area (Å²) in [7, 11) is 1.53. The molecule has 2 aromatic rings. The second-order valence-electron chi connectivity index (χ2n) is 6.45. The van der Waals surface area contributed by atoms with E-state index in [0.717, 1.165) is 31.5 Å². The van der Waals surface area contributed by atoms with Crippen molar-refractivity contribution in [2.24, 2.45) is 0 Å². The van der Waals surface area contributed by atoms with Crippen molar-refractivity contribution in [1.29, 1.82) is 0 Å². The average Bonchev–Trinajstić information content (AvgIpc) is 3.08. The van der Waals surface area contributed by atoms with E-state index in [-0.39, 0.29) is 17.8 Å². The summed E-state index contributed by atoms with van der Waals surface area (Å²) in [5, 5.41) is 3.48. The minimum Gasteiger partial charge on any atom is -0.496 e. The number of methoxy groups -OCH3 is 1. The van der Waals surface area contributed by atoms with Crippen LogP contribution in [0.3, 0.4) is 0 Å². The lowest BCUT2D eigenvalue weighted by atomic mass is 10.1. The summed E-state index contributed by atoms with van der Waals surface area (Å²) in [5.41, 5.74) is 1.50. The Kier molecular flexibility index (Phi) is 6.12. The minimum atomic E-state index is -0.227. The fraction of sp³-hybridized carbons (Fsp3) is 0.350. The van der Waals surface area contributed by atoms with Gasteiger partial charge in [0.25, 0.3) is 5.91 Å². The number of hydrogen-bond acceptors (Lipinski definition) is 3. The molecule has 3 rings (SSSR count). The monoisotopic (exact) mass is 376 g/mol. The van der Waals surface area contributed by atoms with Crippen molar-refractivity contribution >= 4 is 17.5 Å². The molecule has 0 aromatic heterocycles. The van der Waals surface area contributed by atoms with Crippen LogP contribution in [0, 0.1) is 5.82 Å². The Balaban J connectivity index is 1.60. The number of carbonyl (C=O) groups excluding carboxylic acids is 1. The smallest absolute Gasteiger partial charge is 0.255 e. The van der Waals surface area contributed by atoms with Crippen molar-refractivity contribution in [3.8, 4) is 5.75 Å². The highest BCUT2D eigenvalue weighted by molar-refractivity contribution is 6.31. The van der Waals surface area contributed by atoms with E-state index in [9.17, 15) is 9.18 Å². The van der Waals surface area contributed by atoms with Gasteiger partial charge in [0, 0.05) is 24.2 Å². The first-order valence-corrected chi connectivity index (χ1v) is 9.05. The number of nitrogens with zero attached hydrogens (tertiary/aromatic N) is 1. The molecule has 1 aliphatic heterocycles. The Morgan fingerprint density at radius 2 is 2.08 bits per heavy atom. The van der Waals surface area contributed by atoms with Crippen LogP contribution in [0.1, 0.15) is 28.8 Å². The number of ether oxygens (including phenoxy) is 1. The van der Waals surface area contributed by atoms with E-state index in [1.807, 2.05) is 0 Å². The van der Waals surface area contributed by atoms with Gasteiger partial charge < -0.3 is 10.1 Å². The van der Waals surface area contributed by atoms with E-state index in [1.54, 1.807) is 30.3 Å². The van der Waals surface area contributed by atoms with Crippen LogP contribution in [-0.2, 0) is 6.54 Å². The van der Waals surface area contributed by atoms with Crippen LogP contribution in [0.15, 0.2) is 42.5 Å². The summed E-state index contributed by atoms with van der Waals surface area (Å²) < 4.78 is 18.3. The second-order valence-corrected chi connectivity index (χ2v) is 6.88. The van der Waals surface area contributed by atoms with Gasteiger partial charge in [-0.1, -0.05) is 23.7 Å². The first kappa shape index (κ1) is 18.7. The molecule has 0 aliphatic carbocycles. The van der Waals surface area contributed by atoms with Crippen molar-refractivity contribution in [1.82, 2.24) is 10.2 Å². The van der Waals surface area contributed by atoms with Gasteiger partial charge in [-0.05, 0) is 55.3 Å². The largest absolute Gasteiger partial charge is 0.496 e. The summed E-state index contributed by atoms with van der Waals surface area (Å²) in [6, 6.07) is 11.8. The third kappa shape index (κ3) is 4.54. The number of benzene rings is 2. The maximum Gasteiger partial charge on any atom is 0.255 e. The first-order valence-electron chi connectivity index (χ1n) is 8.67. The van der Waals surface area contributed by atoms with E-state index in [1.165, 1.54) is 19.2 Å². The topological polar surface area (TPSA) is 41.6 Å². The van der Waals surface area contributed by atoms with Gasteiger partial charge in [-0.2, -0.15) is 0 Å². The highest BCUT2D eigenvalue weighted by atomic mass is 35.5. The standard InChI is InChI=1S/C20H22ClFN2O2/c1-26-19-9-6-15(21)11-18(19)20(25)23-12-17-3-2-10-24(17)13-14-4-7-16(22)8-5-14/h4-9,11,17H,2-3,10,12-13H2,1H3,(H,23,25). The lowest BCUT2D eigenvalue weighted by molar-refractivity contribution is 0.0937. The third-order valence-corrected chi connectivity index (χ3v) is 4.94. The molecule has 1 fully saturated rings. The fourth-order valence-electron chi connectivity index (χ4n) is 3.32. The van der Waals surface area contributed by atoms with Crippen LogP contribution in [-0.4, -0.2) is 37.0 Å². The van der Waals surface area contributed by atoms with Crippen LogP contribution in [0.25, 0.3) is 0 Å². The molecular weight excluding hydrogens is 355 g/mol. The number of rotatable bonds is 6. The van der Waals surface area contributed by atoms with Crippen molar-refractivity contribution in [2.75, 3.05) is 20.2 Å². The molecule has 2 aromatic carbocycles. The van der Waals surface area contributed by atoms with Gasteiger partial charge in [-0.25, -0.2) is 4.39 Å². The zero-order chi connectivity index (χ0) is 18.5. The van der Waals surface area contributed by atoms with Crippen LogP contribution in [0.4, 0.5) is 4.39 Å². The van der Waals surface area contributed by atoms with Crippen LogP contribution in [0.5, 0.6) is 5.75 Å². The van der Waals surface area contributed by atoms with Crippen molar-refractivity contribution < 1.29 is 13.9 Å². The third-order valence-electron chi connectivity index (χ3n) is 4.70. The molecule has 1 N–H and O–H groups in total. The van der Waals surface area contributed by atoms with Gasteiger partial charge >= 0.3 is 0 Å². The number of likely N-dealkylation sites (tertiary alicyclic amines) is 1. The number of carbonyl (C=O) groups is 1. The predicted octanol–water partition coefficient (Wildman–Crippen LogP) is 3.88. The summed E-state index contributed by atoms with van der Waals surface area (Å²) in [6.07, 6.45) is 2.11. The zero-order valence-corrected chi connectivity index (χ0v) is 15.4. The van der Waals surface area contributed by atoms with E-state index in [2.05, 4.69) is 10.2 Å². The molecule has 0 spiro atoms. The lowest BCUT2D eigenvalue weighted by Gasteiger charge is -2.25. The van der Waals surface area contributed by atoms with Gasteiger partial charge in [0.15, 0.2) is 0 Å². The molecule has 1 amide bonds. The van der Waals surface area contributed by atoms with Crippen LogP contribution in [0.2, 0.25) is 5.02 Å². The number of amides is 1. The first-order chi connectivity index (χ1) is 12.6. The normalized spacial score (nSPS) is 17.3. The summed E-state index contributed by atoms with van der Waals surface area (Å²) in [6.45, 7) is 2.27. The summed E-state index contributed by atoms with van der Waals surface area (Å²) in [4.78, 5) is 14.8. The maximum atomic E-state index is 13.1. The average molecular weight is 377 g/mol. The fourth-order valence-corrected chi connectivity index (χ4v) is 3.49. The number of halogens is 2. The van der Waals surface area contributed by atoms with Crippen molar-refractivity contribution in [2.45, 2.75) is 25.4 Å². The molecule has 0 saturated carbocycles. The molecule has 0 bridgehead atoms. The van der Waals surface area contributed by atoms with Gasteiger partial charge in [0.2, 0.25) is 0 Å². The summed E-state index contributed by atoms with van der Waals surface area (Å²) in [5.74, 6) is 0.0777. The van der Waals surface area contributed by atoms with E-state index in [4.69, 9.17) is 16.3 Å². The highest BCUT2D eigenvalue weighted by Gasteiger charge is 2.25. The van der Waals surface area contributed by atoms with Crippen molar-refractivity contribution in [3.63, 3.8) is 0 Å². The van der Waals surface area contributed by atoms with E-state index < -0.39 is 0 Å². The number of hydrogen-bond donors (Lipinski definition) is 1. The molecule has 4 nitrogen and oxygen atoms in total. The van der Waals surface area contributed by atoms with Gasteiger partial charge in [-0.15, -0.1) is 0 Å². The Morgan fingerprint density at radius 1 is 1.31 bits per heavy atom. The van der Waals surface area contributed by atoms with Gasteiger partial charge in [0.05, 0.1) is 12.7 Å². The van der Waals surface area contributed by atoms with E-state index >= 15 is 0 Å². The Bertz CT molecular complexity index is 767. The molecular formula is C20H22ClFN2O2. The summed E-state index contributed by atoms with van der Waals surface area (Å²) >= 11 is 6.00. The van der Waals surface area contributed by atoms with Crippen molar-refractivity contribution in [3.05, 3.63) is 64.4 Å². The highest BCUT2D eigenvalue weighted by Crippen LogP contribution is 2.23. The molecule has 1 aliphatic rings. The molecule has 1 atom stereocenters. The van der Waals surface area contributed by atoms with E-state index in [0.29, 0.717) is 22.9 Å². The zero-order valence-electron chi connectivity index (χ0n) is 14.7. The molecule has 1 unspecified atom stereocenters. The van der Waals surface area contributed by atoms with Gasteiger partial charge in [-0.3, -0.25) is 9.69 Å². The molecule has 26 heavy (non-hydrogen) atoms. The Hall–Kier alpha value is -2.11. The quantitative estimate of drug-likeness (QED) is 0.831. The lowest BCUT2D eigenvalue weighted by Crippen LogP contribution is -2.39. The molecule has 1 saturated heterocycles.